The first-order valence-electron chi connectivity index (χ1n) is 10.8. The summed E-state index contributed by atoms with van der Waals surface area (Å²) in [6.07, 6.45) is 6.81. The minimum absolute atomic E-state index is 0.0273. The van der Waals surface area contributed by atoms with Crippen LogP contribution in [0.2, 0.25) is 0 Å². The molecule has 1 amide bonds. The van der Waals surface area contributed by atoms with Crippen molar-refractivity contribution in [1.29, 1.82) is 0 Å². The molecule has 2 aliphatic carbocycles. The summed E-state index contributed by atoms with van der Waals surface area (Å²) < 4.78 is 5.89. The number of carbonyl (C=O) groups excluding carboxylic acids is 1. The van der Waals surface area contributed by atoms with Gasteiger partial charge in [0.15, 0.2) is 6.61 Å². The van der Waals surface area contributed by atoms with Crippen LogP contribution in [0.1, 0.15) is 38.2 Å². The van der Waals surface area contributed by atoms with Crippen molar-refractivity contribution in [3.8, 4) is 17.0 Å². The summed E-state index contributed by atoms with van der Waals surface area (Å²) in [6, 6.07) is 8.57. The summed E-state index contributed by atoms with van der Waals surface area (Å²) in [6.45, 7) is 4.18. The van der Waals surface area contributed by atoms with E-state index in [4.69, 9.17) is 4.74 Å². The van der Waals surface area contributed by atoms with E-state index in [9.17, 15) is 4.79 Å². The van der Waals surface area contributed by atoms with E-state index >= 15 is 0 Å². The third-order valence-electron chi connectivity index (χ3n) is 6.86. The molecule has 2 aromatic heterocycles. The van der Waals surface area contributed by atoms with Gasteiger partial charge in [-0.25, -0.2) is 9.97 Å². The first kappa shape index (κ1) is 19.5. The van der Waals surface area contributed by atoms with Crippen LogP contribution >= 0.6 is 11.3 Å². The van der Waals surface area contributed by atoms with Crippen LogP contribution < -0.4 is 10.1 Å². The maximum Gasteiger partial charge on any atom is 0.258 e. The predicted octanol–water partition coefficient (Wildman–Crippen LogP) is 4.99. The lowest BCUT2D eigenvalue weighted by atomic mass is 9.84. The van der Waals surface area contributed by atoms with Crippen LogP contribution in [0.3, 0.4) is 0 Å². The second-order valence-electron chi connectivity index (χ2n) is 8.86. The second kappa shape index (κ2) is 7.99. The largest absolute Gasteiger partial charge is 0.467 e. The normalized spacial score (nSPS) is 23.6. The number of amides is 1. The number of hydrogen-bond acceptors (Lipinski definition) is 5. The molecule has 1 aromatic carbocycles. The van der Waals surface area contributed by atoms with Gasteiger partial charge in [0.1, 0.15) is 11.2 Å². The molecule has 0 spiro atoms. The number of thiophene rings is 1. The van der Waals surface area contributed by atoms with Gasteiger partial charge in [0.25, 0.3) is 5.91 Å². The predicted molar refractivity (Wildman–Crippen MR) is 120 cm³/mol. The van der Waals surface area contributed by atoms with Gasteiger partial charge in [0, 0.05) is 17.0 Å². The lowest BCUT2D eigenvalue weighted by Crippen LogP contribution is -2.42. The summed E-state index contributed by atoms with van der Waals surface area (Å²) in [7, 11) is 0. The molecule has 6 heteroatoms. The van der Waals surface area contributed by atoms with Gasteiger partial charge in [-0.3, -0.25) is 4.79 Å². The Balaban J connectivity index is 1.29. The number of benzene rings is 1. The highest BCUT2D eigenvalue weighted by atomic mass is 32.1. The molecule has 0 radical (unpaired) electrons. The average Bonchev–Trinajstić information content (AvgIpc) is 3.48. The smallest absolute Gasteiger partial charge is 0.258 e. The van der Waals surface area contributed by atoms with E-state index in [1.54, 1.807) is 11.3 Å². The van der Waals surface area contributed by atoms with Crippen LogP contribution in [0.5, 0.6) is 5.88 Å². The van der Waals surface area contributed by atoms with Gasteiger partial charge < -0.3 is 10.1 Å². The standard InChI is InChI=1S/C24H27N3O2S/c1-14-3-6-17(7-4-14)20-12-30-24-22(20)23(25-13-26-24)29-11-21(28)27-15(2)19-10-16-5-8-18(19)9-16/h3-4,6-7,12-13,15-16,18-19H,5,8-11H2,1-2H3,(H,27,28)/t15-,16+,18+,19+/m1/s1. The van der Waals surface area contributed by atoms with E-state index in [1.807, 2.05) is 0 Å². The fourth-order valence-corrected chi connectivity index (χ4v) is 6.25. The lowest BCUT2D eigenvalue weighted by Gasteiger charge is -2.28. The molecule has 5 nitrogen and oxygen atoms in total. The quantitative estimate of drug-likeness (QED) is 0.609. The Morgan fingerprint density at radius 2 is 2.07 bits per heavy atom. The number of aromatic nitrogens is 2. The number of hydrogen-bond donors (Lipinski definition) is 1. The van der Waals surface area contributed by atoms with Gasteiger partial charge in [-0.15, -0.1) is 11.3 Å². The molecule has 2 aliphatic rings. The van der Waals surface area contributed by atoms with E-state index in [0.29, 0.717) is 11.8 Å². The van der Waals surface area contributed by atoms with Crippen molar-refractivity contribution in [2.75, 3.05) is 6.61 Å². The summed E-state index contributed by atoms with van der Waals surface area (Å²) in [5.74, 6) is 2.67. The molecule has 30 heavy (non-hydrogen) atoms. The van der Waals surface area contributed by atoms with E-state index in [1.165, 1.54) is 37.6 Å². The molecule has 0 aliphatic heterocycles. The Morgan fingerprint density at radius 1 is 1.23 bits per heavy atom. The Bertz CT molecular complexity index is 1060. The molecule has 0 saturated heterocycles. The SMILES string of the molecule is Cc1ccc(-c2csc3ncnc(OCC(=O)N[C@H](C)[C@@H]4C[C@H]5CC[C@H]4C5)c23)cc1. The average molecular weight is 422 g/mol. The third kappa shape index (κ3) is 3.69. The highest BCUT2D eigenvalue weighted by Gasteiger charge is 2.42. The number of ether oxygens (including phenoxy) is 1. The number of nitrogens with one attached hydrogen (secondary N) is 1. The zero-order valence-corrected chi connectivity index (χ0v) is 18.2. The van der Waals surface area contributed by atoms with Crippen molar-refractivity contribution in [3.63, 3.8) is 0 Å². The van der Waals surface area contributed by atoms with E-state index in [0.717, 1.165) is 33.2 Å². The molecule has 2 heterocycles. The lowest BCUT2D eigenvalue weighted by molar-refractivity contribution is -0.124. The number of fused-ring (bicyclic) bond motifs is 3. The van der Waals surface area contributed by atoms with Crippen LogP contribution in [0, 0.1) is 24.7 Å². The molecule has 1 N–H and O–H groups in total. The highest BCUT2D eigenvalue weighted by molar-refractivity contribution is 7.17. The first-order chi connectivity index (χ1) is 14.6. The Labute approximate surface area is 180 Å². The fraction of sp³-hybridized carbons (Fsp3) is 0.458. The van der Waals surface area contributed by atoms with Gasteiger partial charge in [-0.05, 0) is 56.4 Å². The van der Waals surface area contributed by atoms with Crippen molar-refractivity contribution in [2.24, 2.45) is 17.8 Å². The van der Waals surface area contributed by atoms with Gasteiger partial charge in [-0.2, -0.15) is 0 Å². The molecular formula is C24H27N3O2S. The van der Waals surface area contributed by atoms with E-state index < -0.39 is 0 Å². The number of nitrogens with zero attached hydrogens (tertiary/aromatic N) is 2. The van der Waals surface area contributed by atoms with Gasteiger partial charge in [0.05, 0.1) is 5.39 Å². The van der Waals surface area contributed by atoms with Crippen LogP contribution in [0.25, 0.3) is 21.3 Å². The topological polar surface area (TPSA) is 64.1 Å². The summed E-state index contributed by atoms with van der Waals surface area (Å²) in [5, 5.41) is 6.12. The van der Waals surface area contributed by atoms with Crippen molar-refractivity contribution in [2.45, 2.75) is 45.6 Å². The monoisotopic (exact) mass is 421 g/mol. The molecule has 2 saturated carbocycles. The van der Waals surface area contributed by atoms with Crippen LogP contribution in [-0.4, -0.2) is 28.5 Å². The van der Waals surface area contributed by atoms with Crippen LogP contribution in [0.15, 0.2) is 36.0 Å². The van der Waals surface area contributed by atoms with Gasteiger partial charge in [0.2, 0.25) is 5.88 Å². The zero-order valence-electron chi connectivity index (χ0n) is 17.4. The molecule has 2 fully saturated rings. The second-order valence-corrected chi connectivity index (χ2v) is 9.72. The molecule has 3 aromatic rings. The summed E-state index contributed by atoms with van der Waals surface area (Å²) >= 11 is 1.56. The molecular weight excluding hydrogens is 394 g/mol. The van der Waals surface area contributed by atoms with Crippen molar-refractivity contribution in [1.82, 2.24) is 15.3 Å². The Morgan fingerprint density at radius 3 is 2.80 bits per heavy atom. The summed E-state index contributed by atoms with van der Waals surface area (Å²) in [5.41, 5.74) is 3.36. The van der Waals surface area contributed by atoms with Crippen molar-refractivity contribution >= 4 is 27.5 Å². The van der Waals surface area contributed by atoms with Gasteiger partial charge >= 0.3 is 0 Å². The minimum Gasteiger partial charge on any atom is -0.467 e. The molecule has 156 valence electrons. The Hall–Kier alpha value is -2.47. The van der Waals surface area contributed by atoms with Crippen LogP contribution in [0.4, 0.5) is 0 Å². The minimum atomic E-state index is -0.0795. The van der Waals surface area contributed by atoms with Gasteiger partial charge in [-0.1, -0.05) is 36.2 Å². The molecule has 0 unspecified atom stereocenters. The Kier molecular flexibility index (Phi) is 5.19. The maximum atomic E-state index is 12.6. The van der Waals surface area contributed by atoms with Crippen LogP contribution in [-0.2, 0) is 4.79 Å². The van der Waals surface area contributed by atoms with E-state index in [-0.39, 0.29) is 18.6 Å². The number of aryl methyl sites for hydroxylation is 1. The van der Waals surface area contributed by atoms with Crippen molar-refractivity contribution < 1.29 is 9.53 Å². The fourth-order valence-electron chi connectivity index (χ4n) is 5.35. The third-order valence-corrected chi connectivity index (χ3v) is 7.75. The first-order valence-corrected chi connectivity index (χ1v) is 11.7. The summed E-state index contributed by atoms with van der Waals surface area (Å²) in [4.78, 5) is 22.2. The molecule has 5 rings (SSSR count). The molecule has 2 bridgehead atoms. The van der Waals surface area contributed by atoms with E-state index in [2.05, 4.69) is 58.8 Å². The molecule has 4 atom stereocenters. The van der Waals surface area contributed by atoms with Crippen molar-refractivity contribution in [3.05, 3.63) is 41.5 Å². The number of carbonyl (C=O) groups is 1. The maximum absolute atomic E-state index is 12.6. The number of rotatable bonds is 6. The highest BCUT2D eigenvalue weighted by Crippen LogP contribution is 2.49. The zero-order chi connectivity index (χ0) is 20.7.